The van der Waals surface area contributed by atoms with Crippen molar-refractivity contribution in [3.05, 3.63) is 53.3 Å². The van der Waals surface area contributed by atoms with Gasteiger partial charge in [-0.05, 0) is 77.0 Å². The second-order valence-electron chi connectivity index (χ2n) is 10.4. The zero-order valence-electron chi connectivity index (χ0n) is 23.0. The minimum atomic E-state index is -0.188. The maximum absolute atomic E-state index is 14.1. The van der Waals surface area contributed by atoms with Crippen LogP contribution in [0.25, 0.3) is 0 Å². The molecule has 3 N–H and O–H groups in total. The highest BCUT2D eigenvalue weighted by atomic mass is 16.2. The number of rotatable bonds is 18. The summed E-state index contributed by atoms with van der Waals surface area (Å²) in [6.45, 7) is 11.8. The summed E-state index contributed by atoms with van der Waals surface area (Å²) in [6, 6.07) is 5.84. The van der Waals surface area contributed by atoms with Gasteiger partial charge in [-0.15, -0.1) is 0 Å². The Morgan fingerprint density at radius 3 is 2.42 bits per heavy atom. The molecule has 1 aromatic rings. The molecule has 1 atom stereocenters. The lowest BCUT2D eigenvalue weighted by atomic mass is 9.92. The summed E-state index contributed by atoms with van der Waals surface area (Å²) < 4.78 is 0. The predicted molar refractivity (Wildman–Crippen MR) is 152 cm³/mol. The topological polar surface area (TPSA) is 75.4 Å². The molecule has 5 heteroatoms. The fourth-order valence-electron chi connectivity index (χ4n) is 4.75. The minimum Gasteiger partial charge on any atom is -0.384 e. The zero-order chi connectivity index (χ0) is 26.3. The number of anilines is 1. The monoisotopic (exact) mass is 495 g/mol. The Bertz CT molecular complexity index is 884. The average Bonchev–Trinajstić information content (AvgIpc) is 2.81. The van der Waals surface area contributed by atoms with Gasteiger partial charge in [-0.25, -0.2) is 0 Å². The molecule has 0 aromatic heterocycles. The molecule has 1 aliphatic rings. The number of aryl methyl sites for hydroxylation is 1. The van der Waals surface area contributed by atoms with Gasteiger partial charge in [0.2, 0.25) is 0 Å². The maximum Gasteiger partial charge on any atom is 0.260 e. The molecular weight excluding hydrogens is 446 g/mol. The Balaban J connectivity index is 2.17. The first-order chi connectivity index (χ1) is 17.4. The van der Waals surface area contributed by atoms with E-state index >= 15 is 0 Å². The summed E-state index contributed by atoms with van der Waals surface area (Å²) in [4.78, 5) is 28.3. The molecule has 0 saturated heterocycles. The molecule has 1 aliphatic carbocycles. The third kappa shape index (κ3) is 9.57. The van der Waals surface area contributed by atoms with Crippen LogP contribution in [0.4, 0.5) is 5.69 Å². The molecule has 5 nitrogen and oxygen atoms in total. The van der Waals surface area contributed by atoms with E-state index in [1.807, 2.05) is 50.1 Å². The summed E-state index contributed by atoms with van der Waals surface area (Å²) in [5.41, 5.74) is 10.4. The Hall–Kier alpha value is -2.40. The lowest BCUT2D eigenvalue weighted by Gasteiger charge is -2.33. The summed E-state index contributed by atoms with van der Waals surface area (Å²) in [6.07, 6.45) is 14.8. The predicted octanol–water partition coefficient (Wildman–Crippen LogP) is 7.31. The van der Waals surface area contributed by atoms with Crippen LogP contribution in [0.5, 0.6) is 0 Å². The molecule has 36 heavy (non-hydrogen) atoms. The Kier molecular flexibility index (Phi) is 13.6. The fraction of sp³-hybridized carbons (Fsp3) is 0.613. The van der Waals surface area contributed by atoms with Gasteiger partial charge < -0.3 is 16.0 Å². The van der Waals surface area contributed by atoms with Gasteiger partial charge in [0.15, 0.2) is 0 Å². The lowest BCUT2D eigenvalue weighted by molar-refractivity contribution is -0.119. The number of Topliss-reactive ketones (excluding diaryl/α,β-unsaturated/α-hetero) is 1. The van der Waals surface area contributed by atoms with Crippen LogP contribution in [0.1, 0.15) is 113 Å². The standard InChI is InChI=1S/C31H49N3O2/c1-5-14-27(35)19-20-29(24(2)3)34(23-26-16-13-17-26)31(36)30-25(4)15-12-18-28(30)33-22-11-9-7-6-8-10-21-32/h12,15,18,23,29,33H,2,5-11,13-14,16-17,19-22,32H2,1,3-4H3. The van der Waals surface area contributed by atoms with Crippen molar-refractivity contribution in [1.29, 1.82) is 0 Å². The largest absolute Gasteiger partial charge is 0.384 e. The van der Waals surface area contributed by atoms with Gasteiger partial charge in [-0.1, -0.05) is 62.5 Å². The van der Waals surface area contributed by atoms with Crippen molar-refractivity contribution in [2.45, 2.75) is 110 Å². The van der Waals surface area contributed by atoms with E-state index in [4.69, 9.17) is 5.73 Å². The fourth-order valence-corrected chi connectivity index (χ4v) is 4.75. The molecule has 0 heterocycles. The number of nitrogens with zero attached hydrogens (tertiary/aromatic N) is 1. The quantitative estimate of drug-likeness (QED) is 0.165. The van der Waals surface area contributed by atoms with Gasteiger partial charge in [0.05, 0.1) is 11.6 Å². The van der Waals surface area contributed by atoms with E-state index in [0.717, 1.165) is 67.6 Å². The number of unbranched alkanes of at least 4 members (excludes halogenated alkanes) is 5. The number of nitrogens with two attached hydrogens (primary N) is 1. The molecule has 200 valence electrons. The third-order valence-corrected chi connectivity index (χ3v) is 7.12. The van der Waals surface area contributed by atoms with Crippen LogP contribution >= 0.6 is 0 Å². The number of nitrogens with one attached hydrogen (secondary N) is 1. The minimum absolute atomic E-state index is 0.00674. The van der Waals surface area contributed by atoms with Crippen LogP contribution < -0.4 is 11.1 Å². The van der Waals surface area contributed by atoms with Gasteiger partial charge in [-0.2, -0.15) is 0 Å². The Morgan fingerprint density at radius 2 is 1.81 bits per heavy atom. The van der Waals surface area contributed by atoms with E-state index in [1.54, 1.807) is 0 Å². The first kappa shape index (κ1) is 29.8. The number of hydrogen-bond acceptors (Lipinski definition) is 4. The molecule has 1 saturated carbocycles. The molecule has 0 spiro atoms. The van der Waals surface area contributed by atoms with Crippen molar-refractivity contribution in [2.24, 2.45) is 5.73 Å². The van der Waals surface area contributed by atoms with Gasteiger partial charge >= 0.3 is 0 Å². The number of carbonyl (C=O) groups excluding carboxylic acids is 2. The SMILES string of the molecule is C=C(C)C(CCC(=O)CCC)N(C=C1CCC1)C(=O)c1c(C)cccc1NCCCCCCCCN. The van der Waals surface area contributed by atoms with E-state index < -0.39 is 0 Å². The van der Waals surface area contributed by atoms with Crippen molar-refractivity contribution in [1.82, 2.24) is 4.90 Å². The van der Waals surface area contributed by atoms with Gasteiger partial charge in [0.25, 0.3) is 5.91 Å². The Labute approximate surface area is 219 Å². The van der Waals surface area contributed by atoms with Crippen molar-refractivity contribution >= 4 is 17.4 Å². The van der Waals surface area contributed by atoms with E-state index in [0.29, 0.717) is 19.3 Å². The number of amides is 1. The summed E-state index contributed by atoms with van der Waals surface area (Å²) in [7, 11) is 0. The van der Waals surface area contributed by atoms with E-state index in [9.17, 15) is 9.59 Å². The second-order valence-corrected chi connectivity index (χ2v) is 10.4. The van der Waals surface area contributed by atoms with Crippen LogP contribution in [-0.4, -0.2) is 35.7 Å². The van der Waals surface area contributed by atoms with Crippen LogP contribution in [0.2, 0.25) is 0 Å². The van der Waals surface area contributed by atoms with Crippen molar-refractivity contribution in [2.75, 3.05) is 18.4 Å². The molecule has 2 rings (SSSR count). The second kappa shape index (κ2) is 16.4. The molecule has 1 amide bonds. The van der Waals surface area contributed by atoms with E-state index in [1.165, 1.54) is 37.7 Å². The van der Waals surface area contributed by atoms with E-state index in [-0.39, 0.29) is 17.7 Å². The van der Waals surface area contributed by atoms with E-state index in [2.05, 4.69) is 11.9 Å². The van der Waals surface area contributed by atoms with Gasteiger partial charge in [0.1, 0.15) is 5.78 Å². The smallest absolute Gasteiger partial charge is 0.260 e. The number of hydrogen-bond donors (Lipinski definition) is 2. The number of allylic oxidation sites excluding steroid dienone is 1. The maximum atomic E-state index is 14.1. The van der Waals surface area contributed by atoms with Crippen molar-refractivity contribution < 1.29 is 9.59 Å². The van der Waals surface area contributed by atoms with Gasteiger partial charge in [-0.3, -0.25) is 9.59 Å². The van der Waals surface area contributed by atoms with Crippen molar-refractivity contribution in [3.63, 3.8) is 0 Å². The number of benzene rings is 1. The lowest BCUT2D eigenvalue weighted by Crippen LogP contribution is -2.38. The first-order valence-corrected chi connectivity index (χ1v) is 14.1. The highest BCUT2D eigenvalue weighted by Gasteiger charge is 2.28. The molecule has 0 aliphatic heterocycles. The molecule has 0 radical (unpaired) electrons. The molecule has 1 unspecified atom stereocenters. The van der Waals surface area contributed by atoms with Gasteiger partial charge in [0, 0.05) is 31.3 Å². The number of carbonyl (C=O) groups is 2. The van der Waals surface area contributed by atoms with Crippen LogP contribution in [0.15, 0.2) is 42.1 Å². The first-order valence-electron chi connectivity index (χ1n) is 14.1. The van der Waals surface area contributed by atoms with Crippen LogP contribution in [0, 0.1) is 6.92 Å². The highest BCUT2D eigenvalue weighted by molar-refractivity contribution is 6.02. The van der Waals surface area contributed by atoms with Crippen LogP contribution in [0.3, 0.4) is 0 Å². The normalized spacial score (nSPS) is 13.6. The molecular formula is C31H49N3O2. The number of ketones is 1. The Morgan fingerprint density at radius 1 is 1.11 bits per heavy atom. The summed E-state index contributed by atoms with van der Waals surface area (Å²) in [5.74, 6) is 0.251. The van der Waals surface area contributed by atoms with Crippen molar-refractivity contribution in [3.8, 4) is 0 Å². The highest BCUT2D eigenvalue weighted by Crippen LogP contribution is 2.31. The zero-order valence-corrected chi connectivity index (χ0v) is 23.0. The van der Waals surface area contributed by atoms with Crippen LogP contribution in [-0.2, 0) is 4.79 Å². The average molecular weight is 496 g/mol. The third-order valence-electron chi connectivity index (χ3n) is 7.12. The molecule has 1 aromatic carbocycles. The molecule has 0 bridgehead atoms. The summed E-state index contributed by atoms with van der Waals surface area (Å²) >= 11 is 0. The summed E-state index contributed by atoms with van der Waals surface area (Å²) in [5, 5.41) is 3.54. The molecule has 1 fully saturated rings.